The molecule has 4 heteroatoms. The van der Waals surface area contributed by atoms with Gasteiger partial charge in [-0.1, -0.05) is 6.07 Å². The summed E-state index contributed by atoms with van der Waals surface area (Å²) in [5.74, 6) is -0.258. The Morgan fingerprint density at radius 2 is 2.35 bits per heavy atom. The second-order valence-electron chi connectivity index (χ2n) is 4.52. The molecule has 1 atom stereocenters. The van der Waals surface area contributed by atoms with Gasteiger partial charge in [-0.05, 0) is 43.0 Å². The molecule has 0 saturated carbocycles. The third kappa shape index (κ3) is 2.26. The highest BCUT2D eigenvalue weighted by atomic mass is 16.3. The fraction of sp³-hybridized carbons (Fsp3) is 0.462. The normalized spacial score (nSPS) is 19.6. The van der Waals surface area contributed by atoms with E-state index < -0.39 is 0 Å². The van der Waals surface area contributed by atoms with Crippen LogP contribution in [0.3, 0.4) is 0 Å². The molecule has 1 saturated heterocycles. The topological polar surface area (TPSA) is 66.6 Å². The molecule has 0 aliphatic carbocycles. The van der Waals surface area contributed by atoms with Crippen LogP contribution in [0, 0.1) is 6.92 Å². The largest absolute Gasteiger partial charge is 0.392 e. The number of rotatable bonds is 3. The van der Waals surface area contributed by atoms with Crippen molar-refractivity contribution in [3.8, 4) is 0 Å². The number of anilines is 1. The Kier molecular flexibility index (Phi) is 3.33. The van der Waals surface area contributed by atoms with Gasteiger partial charge < -0.3 is 15.7 Å². The number of carbonyl (C=O) groups excluding carboxylic acids is 1. The number of amides is 1. The van der Waals surface area contributed by atoms with E-state index in [0.29, 0.717) is 0 Å². The summed E-state index contributed by atoms with van der Waals surface area (Å²) >= 11 is 0. The van der Waals surface area contributed by atoms with Crippen molar-refractivity contribution >= 4 is 11.6 Å². The molecule has 0 aromatic heterocycles. The van der Waals surface area contributed by atoms with Gasteiger partial charge in [0.15, 0.2) is 0 Å². The zero-order valence-electron chi connectivity index (χ0n) is 10.0. The Bertz CT molecular complexity index is 431. The zero-order chi connectivity index (χ0) is 12.4. The standard InChI is InChI=1S/C13H18N2O2/c1-9-7-11(5-4-10(9)8-16)15-6-2-3-12(15)13(14)17/h4-5,7,12,16H,2-3,6,8H2,1H3,(H2,14,17). The molecule has 0 spiro atoms. The summed E-state index contributed by atoms with van der Waals surface area (Å²) in [5, 5.41) is 9.13. The lowest BCUT2D eigenvalue weighted by Crippen LogP contribution is -2.40. The van der Waals surface area contributed by atoms with Crippen LogP contribution < -0.4 is 10.6 Å². The highest BCUT2D eigenvalue weighted by Gasteiger charge is 2.29. The fourth-order valence-electron chi connectivity index (χ4n) is 2.41. The smallest absolute Gasteiger partial charge is 0.240 e. The van der Waals surface area contributed by atoms with Gasteiger partial charge in [0.2, 0.25) is 5.91 Å². The van der Waals surface area contributed by atoms with Gasteiger partial charge in [-0.25, -0.2) is 0 Å². The lowest BCUT2D eigenvalue weighted by Gasteiger charge is -2.25. The van der Waals surface area contributed by atoms with Crippen molar-refractivity contribution in [3.05, 3.63) is 29.3 Å². The van der Waals surface area contributed by atoms with Crippen molar-refractivity contribution in [2.45, 2.75) is 32.4 Å². The van der Waals surface area contributed by atoms with Gasteiger partial charge in [0.05, 0.1) is 6.61 Å². The van der Waals surface area contributed by atoms with Crippen molar-refractivity contribution < 1.29 is 9.90 Å². The van der Waals surface area contributed by atoms with E-state index in [1.165, 1.54) is 0 Å². The minimum atomic E-state index is -0.258. The van der Waals surface area contributed by atoms with Gasteiger partial charge in [0.25, 0.3) is 0 Å². The molecule has 4 nitrogen and oxygen atoms in total. The Morgan fingerprint density at radius 1 is 1.59 bits per heavy atom. The first-order valence-electron chi connectivity index (χ1n) is 5.90. The van der Waals surface area contributed by atoms with Crippen molar-refractivity contribution in [2.75, 3.05) is 11.4 Å². The molecule has 1 aromatic rings. The lowest BCUT2D eigenvalue weighted by molar-refractivity contribution is -0.119. The van der Waals surface area contributed by atoms with E-state index in [9.17, 15) is 4.79 Å². The maximum atomic E-state index is 11.3. The van der Waals surface area contributed by atoms with Gasteiger partial charge in [0, 0.05) is 12.2 Å². The SMILES string of the molecule is Cc1cc(N2CCCC2C(N)=O)ccc1CO. The number of aliphatic hydroxyl groups excluding tert-OH is 1. The molecule has 0 radical (unpaired) electrons. The number of nitrogens with zero attached hydrogens (tertiary/aromatic N) is 1. The second-order valence-corrected chi connectivity index (χ2v) is 4.52. The van der Waals surface area contributed by atoms with Crippen LogP contribution in [-0.4, -0.2) is 23.6 Å². The van der Waals surface area contributed by atoms with Gasteiger partial charge >= 0.3 is 0 Å². The van der Waals surface area contributed by atoms with Crippen LogP contribution in [0.1, 0.15) is 24.0 Å². The predicted octanol–water partition coefficient (Wildman–Crippen LogP) is 0.941. The number of primary amides is 1. The Labute approximate surface area is 101 Å². The monoisotopic (exact) mass is 234 g/mol. The van der Waals surface area contributed by atoms with Gasteiger partial charge in [-0.2, -0.15) is 0 Å². The van der Waals surface area contributed by atoms with E-state index in [1.54, 1.807) is 0 Å². The van der Waals surface area contributed by atoms with Crippen molar-refractivity contribution in [1.82, 2.24) is 0 Å². The Balaban J connectivity index is 2.27. The summed E-state index contributed by atoms with van der Waals surface area (Å²) in [7, 11) is 0. The van der Waals surface area contributed by atoms with Crippen molar-refractivity contribution in [1.29, 1.82) is 0 Å². The number of hydrogen-bond donors (Lipinski definition) is 2. The molecular formula is C13H18N2O2. The summed E-state index contributed by atoms with van der Waals surface area (Å²) in [4.78, 5) is 13.4. The zero-order valence-corrected chi connectivity index (χ0v) is 10.0. The number of benzene rings is 1. The molecule has 1 aliphatic heterocycles. The molecule has 1 heterocycles. The molecule has 2 rings (SSSR count). The summed E-state index contributed by atoms with van der Waals surface area (Å²) < 4.78 is 0. The number of aliphatic hydroxyl groups is 1. The first-order valence-corrected chi connectivity index (χ1v) is 5.90. The van der Waals surface area contributed by atoms with Crippen LogP contribution >= 0.6 is 0 Å². The molecular weight excluding hydrogens is 216 g/mol. The third-order valence-corrected chi connectivity index (χ3v) is 3.41. The maximum absolute atomic E-state index is 11.3. The highest BCUT2D eigenvalue weighted by molar-refractivity contribution is 5.84. The highest BCUT2D eigenvalue weighted by Crippen LogP contribution is 2.27. The molecule has 0 bridgehead atoms. The summed E-state index contributed by atoms with van der Waals surface area (Å²) in [5.41, 5.74) is 8.38. The van der Waals surface area contributed by atoms with E-state index in [2.05, 4.69) is 4.90 Å². The van der Waals surface area contributed by atoms with Crippen LogP contribution in [-0.2, 0) is 11.4 Å². The van der Waals surface area contributed by atoms with Crippen LogP contribution in [0.15, 0.2) is 18.2 Å². The number of nitrogens with two attached hydrogens (primary N) is 1. The van der Waals surface area contributed by atoms with Crippen molar-refractivity contribution in [2.24, 2.45) is 5.73 Å². The Hall–Kier alpha value is -1.55. The molecule has 1 aromatic carbocycles. The lowest BCUT2D eigenvalue weighted by atomic mass is 10.1. The minimum Gasteiger partial charge on any atom is -0.392 e. The van der Waals surface area contributed by atoms with E-state index in [0.717, 1.165) is 36.2 Å². The third-order valence-electron chi connectivity index (χ3n) is 3.41. The van der Waals surface area contributed by atoms with E-state index >= 15 is 0 Å². The van der Waals surface area contributed by atoms with Gasteiger partial charge in [0.1, 0.15) is 6.04 Å². The predicted molar refractivity (Wildman–Crippen MR) is 66.7 cm³/mol. The second kappa shape index (κ2) is 4.75. The van der Waals surface area contributed by atoms with Crippen LogP contribution in [0.5, 0.6) is 0 Å². The van der Waals surface area contributed by atoms with Gasteiger partial charge in [-0.3, -0.25) is 4.79 Å². The molecule has 1 unspecified atom stereocenters. The summed E-state index contributed by atoms with van der Waals surface area (Å²) in [6.07, 6.45) is 1.82. The van der Waals surface area contributed by atoms with Crippen molar-refractivity contribution in [3.63, 3.8) is 0 Å². The molecule has 1 fully saturated rings. The maximum Gasteiger partial charge on any atom is 0.240 e. The molecule has 92 valence electrons. The molecule has 17 heavy (non-hydrogen) atoms. The van der Waals surface area contributed by atoms with Crippen LogP contribution in [0.2, 0.25) is 0 Å². The quantitative estimate of drug-likeness (QED) is 0.818. The number of aryl methyl sites for hydroxylation is 1. The van der Waals surface area contributed by atoms with Crippen LogP contribution in [0.25, 0.3) is 0 Å². The van der Waals surface area contributed by atoms with E-state index in [4.69, 9.17) is 10.8 Å². The summed E-state index contributed by atoms with van der Waals surface area (Å²) in [6.45, 7) is 2.88. The molecule has 3 N–H and O–H groups in total. The first-order chi connectivity index (χ1) is 8.13. The minimum absolute atomic E-state index is 0.0470. The average molecular weight is 234 g/mol. The fourth-order valence-corrected chi connectivity index (χ4v) is 2.41. The molecule has 1 aliphatic rings. The Morgan fingerprint density at radius 3 is 2.94 bits per heavy atom. The number of carbonyl (C=O) groups is 1. The molecule has 1 amide bonds. The van der Waals surface area contributed by atoms with Crippen LogP contribution in [0.4, 0.5) is 5.69 Å². The van der Waals surface area contributed by atoms with E-state index in [-0.39, 0.29) is 18.6 Å². The van der Waals surface area contributed by atoms with Gasteiger partial charge in [-0.15, -0.1) is 0 Å². The average Bonchev–Trinajstić information content (AvgIpc) is 2.77. The number of hydrogen-bond acceptors (Lipinski definition) is 3. The van der Waals surface area contributed by atoms with E-state index in [1.807, 2.05) is 25.1 Å². The summed E-state index contributed by atoms with van der Waals surface area (Å²) in [6, 6.07) is 5.67. The first kappa shape index (κ1) is 11.9.